The minimum Gasteiger partial charge on any atom is -0.411 e. The van der Waals surface area contributed by atoms with Gasteiger partial charge in [-0.25, -0.2) is 0 Å². The molecule has 0 atom stereocenters. The van der Waals surface area contributed by atoms with E-state index >= 15 is 0 Å². The lowest BCUT2D eigenvalue weighted by Crippen LogP contribution is -2.76. The van der Waals surface area contributed by atoms with Crippen molar-refractivity contribution in [3.63, 3.8) is 0 Å². The molecule has 4 heterocycles. The zero-order valence-electron chi connectivity index (χ0n) is 11.7. The number of rotatable bonds is 4. The molecule has 0 spiro atoms. The molecule has 4 aliphatic heterocycles. The first kappa shape index (κ1) is 12.4. The largest absolute Gasteiger partial charge is 0.411 e. The smallest absolute Gasteiger partial charge is 0.0745 e. The SMILES string of the molecule is CCCC12CN3CN(C1)CC(CCC)(C3)C2=NO. The van der Waals surface area contributed by atoms with Crippen LogP contribution in [0.5, 0.6) is 0 Å². The molecule has 0 aromatic rings. The summed E-state index contributed by atoms with van der Waals surface area (Å²) in [5.74, 6) is 0. The summed E-state index contributed by atoms with van der Waals surface area (Å²) in [4.78, 5) is 5.15. The van der Waals surface area contributed by atoms with Crippen LogP contribution in [0.3, 0.4) is 0 Å². The molecule has 102 valence electrons. The molecule has 4 bridgehead atoms. The highest BCUT2D eigenvalue weighted by atomic mass is 16.4. The third-order valence-electron chi connectivity index (χ3n) is 5.07. The van der Waals surface area contributed by atoms with Gasteiger partial charge in [0.1, 0.15) is 0 Å². The zero-order chi connectivity index (χ0) is 12.8. The second-order valence-electron chi connectivity index (χ2n) is 6.62. The van der Waals surface area contributed by atoms with Crippen LogP contribution >= 0.6 is 0 Å². The van der Waals surface area contributed by atoms with E-state index in [0.717, 1.165) is 51.4 Å². The van der Waals surface area contributed by atoms with Gasteiger partial charge < -0.3 is 5.21 Å². The molecule has 4 saturated heterocycles. The van der Waals surface area contributed by atoms with E-state index in [0.29, 0.717) is 0 Å². The predicted octanol–water partition coefficient (Wildman–Crippen LogP) is 1.99. The van der Waals surface area contributed by atoms with Crippen molar-refractivity contribution < 1.29 is 5.21 Å². The van der Waals surface area contributed by atoms with Crippen LogP contribution in [0.25, 0.3) is 0 Å². The number of nitrogens with zero attached hydrogens (tertiary/aromatic N) is 3. The first-order valence-corrected chi connectivity index (χ1v) is 7.36. The lowest BCUT2D eigenvalue weighted by molar-refractivity contribution is -0.0919. The van der Waals surface area contributed by atoms with Crippen LogP contribution in [-0.2, 0) is 0 Å². The molecule has 0 unspecified atom stereocenters. The van der Waals surface area contributed by atoms with Gasteiger partial charge in [0.25, 0.3) is 0 Å². The summed E-state index contributed by atoms with van der Waals surface area (Å²) in [7, 11) is 0. The van der Waals surface area contributed by atoms with Crippen molar-refractivity contribution in [3.05, 3.63) is 0 Å². The molecule has 0 aromatic heterocycles. The Hall–Kier alpha value is -0.610. The van der Waals surface area contributed by atoms with E-state index in [2.05, 4.69) is 28.8 Å². The van der Waals surface area contributed by atoms with Crippen molar-refractivity contribution in [2.45, 2.75) is 39.5 Å². The Labute approximate surface area is 110 Å². The molecule has 4 fully saturated rings. The van der Waals surface area contributed by atoms with Gasteiger partial charge in [-0.2, -0.15) is 0 Å². The van der Waals surface area contributed by atoms with Crippen molar-refractivity contribution >= 4 is 5.71 Å². The Morgan fingerprint density at radius 1 is 1.00 bits per heavy atom. The highest BCUT2D eigenvalue weighted by Crippen LogP contribution is 2.51. The highest BCUT2D eigenvalue weighted by molar-refractivity contribution is 5.97. The van der Waals surface area contributed by atoms with Crippen LogP contribution < -0.4 is 0 Å². The first-order chi connectivity index (χ1) is 8.68. The van der Waals surface area contributed by atoms with Gasteiger partial charge >= 0.3 is 0 Å². The molecule has 4 aliphatic rings. The van der Waals surface area contributed by atoms with E-state index in [4.69, 9.17) is 0 Å². The van der Waals surface area contributed by atoms with Crippen LogP contribution in [0.4, 0.5) is 0 Å². The van der Waals surface area contributed by atoms with Crippen molar-refractivity contribution in [2.24, 2.45) is 16.0 Å². The maximum Gasteiger partial charge on any atom is 0.0745 e. The topological polar surface area (TPSA) is 39.1 Å². The summed E-state index contributed by atoms with van der Waals surface area (Å²) >= 11 is 0. The molecular formula is C14H25N3O. The normalized spacial score (nSPS) is 45.6. The van der Waals surface area contributed by atoms with E-state index in [-0.39, 0.29) is 10.8 Å². The second kappa shape index (κ2) is 4.20. The maximum absolute atomic E-state index is 9.63. The van der Waals surface area contributed by atoms with E-state index in [1.807, 2.05) is 0 Å². The summed E-state index contributed by atoms with van der Waals surface area (Å²) in [5, 5.41) is 13.5. The summed E-state index contributed by atoms with van der Waals surface area (Å²) < 4.78 is 0. The van der Waals surface area contributed by atoms with Crippen LogP contribution in [0.15, 0.2) is 5.16 Å². The van der Waals surface area contributed by atoms with Gasteiger partial charge in [0.2, 0.25) is 0 Å². The minimum absolute atomic E-state index is 0.132. The standard InChI is InChI=1S/C14H25N3O/c1-3-5-13-7-16-9-14(6-4-2,12(13)15-18)10-17(8-13)11-16/h18H,3-11H2,1-2H3. The van der Waals surface area contributed by atoms with Crippen molar-refractivity contribution in [2.75, 3.05) is 32.8 Å². The summed E-state index contributed by atoms with van der Waals surface area (Å²) in [6.07, 6.45) is 4.65. The monoisotopic (exact) mass is 251 g/mol. The number of hydrogen-bond donors (Lipinski definition) is 1. The second-order valence-corrected chi connectivity index (χ2v) is 6.62. The fourth-order valence-electron chi connectivity index (χ4n) is 4.99. The maximum atomic E-state index is 9.63. The average Bonchev–Trinajstić information content (AvgIpc) is 2.27. The molecule has 0 saturated carbocycles. The molecule has 18 heavy (non-hydrogen) atoms. The van der Waals surface area contributed by atoms with Gasteiger partial charge in [0.05, 0.1) is 12.4 Å². The van der Waals surface area contributed by atoms with Gasteiger partial charge in [0.15, 0.2) is 0 Å². The van der Waals surface area contributed by atoms with E-state index in [9.17, 15) is 5.21 Å². The van der Waals surface area contributed by atoms with E-state index in [1.165, 1.54) is 12.8 Å². The van der Waals surface area contributed by atoms with Crippen LogP contribution in [0.2, 0.25) is 0 Å². The van der Waals surface area contributed by atoms with Crippen molar-refractivity contribution in [3.8, 4) is 0 Å². The fraction of sp³-hybridized carbons (Fsp3) is 0.929. The summed E-state index contributed by atoms with van der Waals surface area (Å²) in [6, 6.07) is 0. The zero-order valence-corrected chi connectivity index (χ0v) is 11.7. The molecular weight excluding hydrogens is 226 g/mol. The van der Waals surface area contributed by atoms with E-state index < -0.39 is 0 Å². The molecule has 0 amide bonds. The van der Waals surface area contributed by atoms with Gasteiger partial charge in [-0.15, -0.1) is 0 Å². The van der Waals surface area contributed by atoms with Gasteiger partial charge in [0, 0.05) is 37.0 Å². The lowest BCUT2D eigenvalue weighted by atomic mass is 9.58. The Bertz CT molecular complexity index is 324. The van der Waals surface area contributed by atoms with Gasteiger partial charge in [-0.1, -0.05) is 31.8 Å². The molecule has 0 radical (unpaired) electrons. The Balaban J connectivity index is 2.01. The number of piperidine rings is 2. The van der Waals surface area contributed by atoms with Crippen molar-refractivity contribution in [1.82, 2.24) is 9.80 Å². The molecule has 1 N–H and O–H groups in total. The fourth-order valence-corrected chi connectivity index (χ4v) is 4.99. The first-order valence-electron chi connectivity index (χ1n) is 7.36. The van der Waals surface area contributed by atoms with Crippen LogP contribution in [0, 0.1) is 10.8 Å². The number of oxime groups is 1. The molecule has 4 rings (SSSR count). The van der Waals surface area contributed by atoms with Crippen LogP contribution in [0.1, 0.15) is 39.5 Å². The lowest BCUT2D eigenvalue weighted by Gasteiger charge is -2.64. The van der Waals surface area contributed by atoms with Gasteiger partial charge in [-0.05, 0) is 12.8 Å². The molecule has 0 aliphatic carbocycles. The minimum atomic E-state index is 0.132. The third-order valence-corrected chi connectivity index (χ3v) is 5.07. The molecule has 0 aromatic carbocycles. The van der Waals surface area contributed by atoms with Gasteiger partial charge in [-0.3, -0.25) is 9.80 Å². The number of hydrogen-bond acceptors (Lipinski definition) is 4. The Morgan fingerprint density at radius 2 is 1.44 bits per heavy atom. The van der Waals surface area contributed by atoms with Crippen LogP contribution in [-0.4, -0.2) is 53.6 Å². The third kappa shape index (κ3) is 1.55. The van der Waals surface area contributed by atoms with Crippen molar-refractivity contribution in [1.29, 1.82) is 0 Å². The molecule has 4 nitrogen and oxygen atoms in total. The van der Waals surface area contributed by atoms with E-state index in [1.54, 1.807) is 0 Å². The Morgan fingerprint density at radius 3 is 1.78 bits per heavy atom. The average molecular weight is 251 g/mol. The summed E-state index contributed by atoms with van der Waals surface area (Å²) in [5.41, 5.74) is 1.40. The quantitative estimate of drug-likeness (QED) is 0.613. The highest BCUT2D eigenvalue weighted by Gasteiger charge is 2.60. The Kier molecular flexibility index (Phi) is 2.90. The summed E-state index contributed by atoms with van der Waals surface area (Å²) in [6.45, 7) is 10.00. The predicted molar refractivity (Wildman–Crippen MR) is 71.9 cm³/mol. The molecule has 4 heteroatoms.